The molecule has 1 saturated heterocycles. The van der Waals surface area contributed by atoms with Gasteiger partial charge in [0.05, 0.1) is 46.9 Å². The third-order valence-electron chi connectivity index (χ3n) is 6.11. The molecule has 0 aromatic heterocycles. The van der Waals surface area contributed by atoms with Crippen LogP contribution in [-0.2, 0) is 11.3 Å². The van der Waals surface area contributed by atoms with Crippen LogP contribution in [0.3, 0.4) is 0 Å². The highest BCUT2D eigenvalue weighted by atomic mass is 32.2. The number of nitriles is 1. The molecule has 2 N–H and O–H groups in total. The minimum absolute atomic E-state index is 0.0613. The highest BCUT2D eigenvalue weighted by Gasteiger charge is 2.39. The maximum Gasteiger partial charge on any atom is 0.269 e. The van der Waals surface area contributed by atoms with Crippen molar-refractivity contribution in [3.63, 3.8) is 0 Å². The number of carbonyl (C=O) groups is 1. The van der Waals surface area contributed by atoms with Crippen LogP contribution in [0.2, 0.25) is 0 Å². The molecule has 2 aliphatic heterocycles. The van der Waals surface area contributed by atoms with Crippen molar-refractivity contribution in [3.8, 4) is 11.8 Å². The number of nitrogens with zero attached hydrogens (tertiary/aromatic N) is 4. The van der Waals surface area contributed by atoms with E-state index in [0.717, 1.165) is 26.9 Å². The third-order valence-corrected chi connectivity index (χ3v) is 8.55. The van der Waals surface area contributed by atoms with Crippen LogP contribution in [0.15, 0.2) is 86.6 Å². The van der Waals surface area contributed by atoms with Gasteiger partial charge in [0, 0.05) is 24.6 Å². The number of fused-ring (bicyclic) bond motifs is 1. The van der Waals surface area contributed by atoms with Gasteiger partial charge in [-0.2, -0.15) is 5.26 Å². The smallest absolute Gasteiger partial charge is 0.269 e. The molecule has 1 fully saturated rings. The van der Waals surface area contributed by atoms with Gasteiger partial charge in [0.15, 0.2) is 5.17 Å². The van der Waals surface area contributed by atoms with Crippen LogP contribution in [0.25, 0.3) is 0 Å². The third kappa shape index (κ3) is 5.61. The first-order valence-corrected chi connectivity index (χ1v) is 14.1. The summed E-state index contributed by atoms with van der Waals surface area (Å²) in [5, 5.41) is 23.3. The number of benzene rings is 3. The number of nitrogens with one attached hydrogen (secondary N) is 1. The van der Waals surface area contributed by atoms with Crippen molar-refractivity contribution in [2.75, 3.05) is 37.0 Å². The lowest BCUT2D eigenvalue weighted by atomic mass is 10.2. The molecule has 10 heteroatoms. The molecule has 0 unspecified atom stereocenters. The van der Waals surface area contributed by atoms with Crippen LogP contribution in [0, 0.1) is 11.3 Å². The Morgan fingerprint density at radius 3 is 2.67 bits per heavy atom. The topological polar surface area (TPSA) is 101 Å². The van der Waals surface area contributed by atoms with E-state index < -0.39 is 0 Å². The molecule has 2 aliphatic rings. The molecule has 39 heavy (non-hydrogen) atoms. The standard InChI is InChI=1S/C29H27N5O3S2/c1-3-31-22-11-9-20(17-30)15-23(22)32-29-34(18-19-7-5-4-6-8-19)27(36)26(39-29)28-33(2)24-16-21(37-14-13-35)10-12-25(24)38-28/h4-12,15-16,31,35H,3,13-14,18H2,1-2H3/b28-26-,32-29?. The molecule has 3 aromatic carbocycles. The Morgan fingerprint density at radius 2 is 1.92 bits per heavy atom. The summed E-state index contributed by atoms with van der Waals surface area (Å²) in [7, 11) is 1.93. The number of aliphatic imine (C=N–C) groups is 1. The molecule has 3 aromatic rings. The molecule has 0 atom stereocenters. The molecular weight excluding hydrogens is 530 g/mol. The van der Waals surface area contributed by atoms with Crippen molar-refractivity contribution in [2.45, 2.75) is 18.4 Å². The molecule has 0 bridgehead atoms. The number of anilines is 2. The van der Waals surface area contributed by atoms with Gasteiger partial charge in [0.2, 0.25) is 0 Å². The molecule has 0 radical (unpaired) electrons. The van der Waals surface area contributed by atoms with E-state index in [-0.39, 0.29) is 19.1 Å². The number of amides is 1. The second-order valence-electron chi connectivity index (χ2n) is 8.74. The van der Waals surface area contributed by atoms with Gasteiger partial charge in [-0.15, -0.1) is 0 Å². The number of aliphatic hydroxyl groups is 1. The van der Waals surface area contributed by atoms with Gasteiger partial charge in [-0.3, -0.25) is 9.69 Å². The zero-order chi connectivity index (χ0) is 27.4. The average Bonchev–Trinajstić information content (AvgIpc) is 3.44. The maximum absolute atomic E-state index is 13.9. The summed E-state index contributed by atoms with van der Waals surface area (Å²) in [6, 6.07) is 23.1. The Bertz CT molecular complexity index is 1500. The van der Waals surface area contributed by atoms with Crippen molar-refractivity contribution in [3.05, 3.63) is 87.8 Å². The van der Waals surface area contributed by atoms with E-state index in [1.807, 2.05) is 73.5 Å². The Balaban J connectivity index is 1.55. The lowest BCUT2D eigenvalue weighted by molar-refractivity contribution is -0.122. The van der Waals surface area contributed by atoms with E-state index in [1.165, 1.54) is 23.5 Å². The second-order valence-corrected chi connectivity index (χ2v) is 10.8. The van der Waals surface area contributed by atoms with Gasteiger partial charge in [0.1, 0.15) is 17.3 Å². The minimum Gasteiger partial charge on any atom is -0.491 e. The van der Waals surface area contributed by atoms with Crippen LogP contribution >= 0.6 is 23.5 Å². The minimum atomic E-state index is -0.122. The van der Waals surface area contributed by atoms with E-state index in [9.17, 15) is 10.1 Å². The molecule has 8 nitrogen and oxygen atoms in total. The first-order valence-electron chi connectivity index (χ1n) is 12.5. The zero-order valence-corrected chi connectivity index (χ0v) is 23.2. The van der Waals surface area contributed by atoms with Crippen LogP contribution < -0.4 is 15.0 Å². The first-order chi connectivity index (χ1) is 19.0. The lowest BCUT2D eigenvalue weighted by Crippen LogP contribution is -2.29. The number of rotatable bonds is 8. The van der Waals surface area contributed by atoms with Crippen LogP contribution in [0.1, 0.15) is 18.1 Å². The van der Waals surface area contributed by atoms with Crippen LogP contribution in [0.4, 0.5) is 17.1 Å². The van der Waals surface area contributed by atoms with Crippen molar-refractivity contribution in [2.24, 2.45) is 4.99 Å². The number of carbonyl (C=O) groups excluding carboxylic acids is 1. The number of hydrogen-bond acceptors (Lipinski definition) is 9. The number of hydrogen-bond donors (Lipinski definition) is 2. The number of ether oxygens (including phenoxy) is 1. The molecule has 198 valence electrons. The van der Waals surface area contributed by atoms with Crippen molar-refractivity contribution < 1.29 is 14.6 Å². The van der Waals surface area contributed by atoms with Gasteiger partial charge in [-0.1, -0.05) is 42.1 Å². The maximum atomic E-state index is 13.9. The Kier molecular flexibility index (Phi) is 8.12. The Morgan fingerprint density at radius 1 is 1.10 bits per heavy atom. The average molecular weight is 558 g/mol. The van der Waals surface area contributed by atoms with Crippen molar-refractivity contribution in [1.82, 2.24) is 4.90 Å². The molecule has 0 spiro atoms. The second kappa shape index (κ2) is 11.9. The van der Waals surface area contributed by atoms with Gasteiger partial charge < -0.3 is 20.1 Å². The van der Waals surface area contributed by atoms with Crippen molar-refractivity contribution in [1.29, 1.82) is 5.26 Å². The predicted octanol–water partition coefficient (Wildman–Crippen LogP) is 5.54. The van der Waals surface area contributed by atoms with E-state index in [4.69, 9.17) is 14.8 Å². The normalized spacial score (nSPS) is 17.5. The van der Waals surface area contributed by atoms with E-state index in [0.29, 0.717) is 40.2 Å². The monoisotopic (exact) mass is 557 g/mol. The summed E-state index contributed by atoms with van der Waals surface area (Å²) in [6.45, 7) is 3.22. The van der Waals surface area contributed by atoms with E-state index in [1.54, 1.807) is 17.0 Å². The van der Waals surface area contributed by atoms with Crippen LogP contribution in [-0.4, -0.2) is 47.9 Å². The highest BCUT2D eigenvalue weighted by Crippen LogP contribution is 2.51. The summed E-state index contributed by atoms with van der Waals surface area (Å²) >= 11 is 2.87. The number of thioether (sulfide) groups is 2. The quantitative estimate of drug-likeness (QED) is 0.349. The summed E-state index contributed by atoms with van der Waals surface area (Å²) in [6.07, 6.45) is 0. The van der Waals surface area contributed by atoms with Gasteiger partial charge in [-0.25, -0.2) is 4.99 Å². The molecule has 2 heterocycles. The fourth-order valence-electron chi connectivity index (χ4n) is 4.24. The summed E-state index contributed by atoms with van der Waals surface area (Å²) < 4.78 is 5.60. The number of amidine groups is 1. The predicted molar refractivity (Wildman–Crippen MR) is 157 cm³/mol. The van der Waals surface area contributed by atoms with Gasteiger partial charge in [0.25, 0.3) is 5.91 Å². The van der Waals surface area contributed by atoms with Crippen molar-refractivity contribution >= 4 is 51.7 Å². The highest BCUT2D eigenvalue weighted by molar-refractivity contribution is 8.19. The molecule has 5 rings (SSSR count). The summed E-state index contributed by atoms with van der Waals surface area (Å²) in [5.41, 5.74) is 3.83. The fourth-order valence-corrected chi connectivity index (χ4v) is 6.56. The molecule has 0 aliphatic carbocycles. The summed E-state index contributed by atoms with van der Waals surface area (Å²) in [4.78, 5) is 24.2. The SMILES string of the molecule is CCNc1ccc(C#N)cc1N=C1S/C(=C2\Sc3ccc(OCCO)cc3N2C)C(=O)N1Cc1ccccc1. The molecule has 1 amide bonds. The lowest BCUT2D eigenvalue weighted by Gasteiger charge is -2.17. The Hall–Kier alpha value is -3.91. The summed E-state index contributed by atoms with van der Waals surface area (Å²) in [5.74, 6) is 0.538. The number of aliphatic hydroxyl groups excluding tert-OH is 1. The van der Waals surface area contributed by atoms with E-state index >= 15 is 0 Å². The van der Waals surface area contributed by atoms with Gasteiger partial charge >= 0.3 is 0 Å². The zero-order valence-electron chi connectivity index (χ0n) is 21.5. The van der Waals surface area contributed by atoms with E-state index in [2.05, 4.69) is 11.4 Å². The molecular formula is C29H27N5O3S2. The fraction of sp³-hybridized carbons (Fsp3) is 0.207. The molecule has 0 saturated carbocycles. The van der Waals surface area contributed by atoms with Gasteiger partial charge in [-0.05, 0) is 54.6 Å². The Labute approximate surface area is 236 Å². The largest absolute Gasteiger partial charge is 0.491 e. The first kappa shape index (κ1) is 26.7. The van der Waals surface area contributed by atoms with Crippen LogP contribution in [0.5, 0.6) is 5.75 Å².